The Labute approximate surface area is 158 Å². The molecule has 150 valence electrons. The molecule has 3 atom stereocenters. The molecule has 0 aromatic carbocycles. The number of carboxylic acids is 1. The molecule has 6 N–H and O–H groups in total. The van der Waals surface area contributed by atoms with Gasteiger partial charge in [0.2, 0.25) is 17.7 Å². The molecule has 3 amide bonds. The first-order valence-corrected chi connectivity index (χ1v) is 9.82. The van der Waals surface area contributed by atoms with Gasteiger partial charge in [-0.05, 0) is 37.7 Å². The Hall–Kier alpha value is -1.81. The van der Waals surface area contributed by atoms with Gasteiger partial charge in [0.15, 0.2) is 0 Å². The van der Waals surface area contributed by atoms with Crippen molar-refractivity contribution < 1.29 is 24.3 Å². The second-order valence-corrected chi connectivity index (χ2v) is 7.41. The van der Waals surface area contributed by atoms with Crippen molar-refractivity contribution in [2.45, 2.75) is 51.7 Å². The lowest BCUT2D eigenvalue weighted by Crippen LogP contribution is -2.52. The van der Waals surface area contributed by atoms with E-state index in [2.05, 4.69) is 16.0 Å². The van der Waals surface area contributed by atoms with E-state index in [1.165, 1.54) is 18.7 Å². The average molecular weight is 391 g/mol. The van der Waals surface area contributed by atoms with Crippen LogP contribution in [0.25, 0.3) is 0 Å². The van der Waals surface area contributed by atoms with Crippen molar-refractivity contribution in [2.75, 3.05) is 18.6 Å². The van der Waals surface area contributed by atoms with Gasteiger partial charge in [-0.15, -0.1) is 0 Å². The van der Waals surface area contributed by atoms with Gasteiger partial charge >= 0.3 is 5.97 Å². The van der Waals surface area contributed by atoms with Crippen molar-refractivity contribution in [3.05, 3.63) is 0 Å². The molecule has 0 saturated heterocycles. The van der Waals surface area contributed by atoms with Gasteiger partial charge in [0, 0.05) is 0 Å². The zero-order valence-corrected chi connectivity index (χ0v) is 16.5. The van der Waals surface area contributed by atoms with E-state index in [0.717, 1.165) is 0 Å². The van der Waals surface area contributed by atoms with Crippen LogP contribution in [0.1, 0.15) is 33.6 Å². The molecule has 0 aliphatic carbocycles. The maximum atomic E-state index is 12.0. The van der Waals surface area contributed by atoms with Crippen molar-refractivity contribution in [1.29, 1.82) is 0 Å². The van der Waals surface area contributed by atoms with Crippen LogP contribution in [0.5, 0.6) is 0 Å². The second-order valence-electron chi connectivity index (χ2n) is 6.42. The summed E-state index contributed by atoms with van der Waals surface area (Å²) in [5.74, 6) is -1.89. The van der Waals surface area contributed by atoms with Gasteiger partial charge in [-0.3, -0.25) is 14.4 Å². The topological polar surface area (TPSA) is 151 Å². The van der Waals surface area contributed by atoms with Crippen LogP contribution >= 0.6 is 11.8 Å². The van der Waals surface area contributed by atoms with E-state index in [9.17, 15) is 19.2 Å². The van der Waals surface area contributed by atoms with E-state index in [1.54, 1.807) is 0 Å². The van der Waals surface area contributed by atoms with Crippen molar-refractivity contribution in [2.24, 2.45) is 11.7 Å². The Morgan fingerprint density at radius 2 is 1.69 bits per heavy atom. The van der Waals surface area contributed by atoms with Crippen molar-refractivity contribution in [3.63, 3.8) is 0 Å². The standard InChI is InChI=1S/C16H30N4O5S/c1-9(2)7-11(17)15(23)19-10(3)14(22)18-8-13(21)20-12(16(24)25)5-6-26-4/h9-12H,5-8,17H2,1-4H3,(H,18,22)(H,19,23)(H,20,21)(H,24,25). The lowest BCUT2D eigenvalue weighted by Gasteiger charge is -2.19. The average Bonchev–Trinajstić information content (AvgIpc) is 2.55. The van der Waals surface area contributed by atoms with E-state index < -0.39 is 41.8 Å². The first-order chi connectivity index (χ1) is 12.1. The Bertz CT molecular complexity index is 501. The number of carboxylic acid groups (broad SMARTS) is 1. The largest absolute Gasteiger partial charge is 0.480 e. The molecule has 0 saturated carbocycles. The molecule has 9 nitrogen and oxygen atoms in total. The SMILES string of the molecule is CSCCC(NC(=O)CNC(=O)C(C)NC(=O)C(N)CC(C)C)C(=O)O. The monoisotopic (exact) mass is 390 g/mol. The van der Waals surface area contributed by atoms with Crippen LogP contribution in [0.3, 0.4) is 0 Å². The summed E-state index contributed by atoms with van der Waals surface area (Å²) >= 11 is 1.47. The Balaban J connectivity index is 4.35. The van der Waals surface area contributed by atoms with Gasteiger partial charge < -0.3 is 26.8 Å². The predicted molar refractivity (Wildman–Crippen MR) is 101 cm³/mol. The number of hydrogen-bond acceptors (Lipinski definition) is 6. The maximum Gasteiger partial charge on any atom is 0.326 e. The van der Waals surface area contributed by atoms with E-state index in [1.807, 2.05) is 20.1 Å². The van der Waals surface area contributed by atoms with Crippen molar-refractivity contribution in [3.8, 4) is 0 Å². The summed E-state index contributed by atoms with van der Waals surface area (Å²) in [5.41, 5.74) is 5.75. The highest BCUT2D eigenvalue weighted by Gasteiger charge is 2.22. The number of carbonyl (C=O) groups is 4. The van der Waals surface area contributed by atoms with Gasteiger partial charge in [0.1, 0.15) is 12.1 Å². The predicted octanol–water partition coefficient (Wildman–Crippen LogP) is -0.697. The molecule has 26 heavy (non-hydrogen) atoms. The van der Waals surface area contributed by atoms with Crippen LogP contribution < -0.4 is 21.7 Å². The lowest BCUT2D eigenvalue weighted by atomic mass is 10.0. The number of nitrogens with two attached hydrogens (primary N) is 1. The number of rotatable bonds is 12. The zero-order valence-electron chi connectivity index (χ0n) is 15.7. The van der Waals surface area contributed by atoms with Gasteiger partial charge in [-0.1, -0.05) is 13.8 Å². The normalized spacial score (nSPS) is 14.2. The first-order valence-electron chi connectivity index (χ1n) is 8.43. The fourth-order valence-corrected chi connectivity index (χ4v) is 2.53. The molecule has 0 aromatic heterocycles. The number of amides is 3. The number of carbonyl (C=O) groups excluding carboxylic acids is 3. The minimum atomic E-state index is -1.13. The molecule has 0 aliphatic heterocycles. The maximum absolute atomic E-state index is 12.0. The van der Waals surface area contributed by atoms with Gasteiger partial charge in [0.05, 0.1) is 12.6 Å². The van der Waals surface area contributed by atoms with Crippen molar-refractivity contribution in [1.82, 2.24) is 16.0 Å². The molecule has 0 radical (unpaired) electrons. The molecule has 0 heterocycles. The Kier molecular flexibility index (Phi) is 11.7. The summed E-state index contributed by atoms with van der Waals surface area (Å²) in [7, 11) is 0. The minimum Gasteiger partial charge on any atom is -0.480 e. The molecular weight excluding hydrogens is 360 g/mol. The summed E-state index contributed by atoms with van der Waals surface area (Å²) in [6.45, 7) is 4.98. The fraction of sp³-hybridized carbons (Fsp3) is 0.750. The van der Waals surface area contributed by atoms with E-state index in [-0.39, 0.29) is 18.9 Å². The van der Waals surface area contributed by atoms with Crippen LogP contribution in [0.15, 0.2) is 0 Å². The van der Waals surface area contributed by atoms with Crippen LogP contribution in [0.4, 0.5) is 0 Å². The summed E-state index contributed by atoms with van der Waals surface area (Å²) in [6.07, 6.45) is 2.62. The fourth-order valence-electron chi connectivity index (χ4n) is 2.06. The highest BCUT2D eigenvalue weighted by Crippen LogP contribution is 2.03. The third-order valence-electron chi connectivity index (χ3n) is 3.48. The third kappa shape index (κ3) is 10.2. The molecule has 0 aromatic rings. The number of nitrogens with one attached hydrogen (secondary N) is 3. The second kappa shape index (κ2) is 12.5. The molecule has 3 unspecified atom stereocenters. The molecular formula is C16H30N4O5S. The van der Waals surface area contributed by atoms with Crippen LogP contribution in [-0.4, -0.2) is 65.5 Å². The molecule has 0 rings (SSSR count). The molecule has 0 aliphatic rings. The summed E-state index contributed by atoms with van der Waals surface area (Å²) < 4.78 is 0. The highest BCUT2D eigenvalue weighted by atomic mass is 32.2. The molecule has 0 spiro atoms. The van der Waals surface area contributed by atoms with Crippen LogP contribution in [-0.2, 0) is 19.2 Å². The molecule has 0 bridgehead atoms. The summed E-state index contributed by atoms with van der Waals surface area (Å²) in [5, 5.41) is 16.3. The molecule has 10 heteroatoms. The van der Waals surface area contributed by atoms with Gasteiger partial charge in [0.25, 0.3) is 0 Å². The Morgan fingerprint density at radius 1 is 1.08 bits per heavy atom. The summed E-state index contributed by atoms with van der Waals surface area (Å²) in [6, 6.07) is -2.57. The van der Waals surface area contributed by atoms with E-state index >= 15 is 0 Å². The third-order valence-corrected chi connectivity index (χ3v) is 4.13. The quantitative estimate of drug-likeness (QED) is 0.296. The number of hydrogen-bond donors (Lipinski definition) is 5. The first kappa shape index (κ1) is 24.2. The Morgan fingerprint density at radius 3 is 2.19 bits per heavy atom. The van der Waals surface area contributed by atoms with Gasteiger partial charge in [-0.2, -0.15) is 11.8 Å². The van der Waals surface area contributed by atoms with Crippen LogP contribution in [0, 0.1) is 5.92 Å². The zero-order chi connectivity index (χ0) is 20.3. The van der Waals surface area contributed by atoms with Gasteiger partial charge in [-0.25, -0.2) is 4.79 Å². The van der Waals surface area contributed by atoms with E-state index in [0.29, 0.717) is 12.2 Å². The van der Waals surface area contributed by atoms with E-state index in [4.69, 9.17) is 10.8 Å². The van der Waals surface area contributed by atoms with Crippen molar-refractivity contribution >= 4 is 35.5 Å². The number of thioether (sulfide) groups is 1. The lowest BCUT2D eigenvalue weighted by molar-refractivity contribution is -0.141. The smallest absolute Gasteiger partial charge is 0.326 e. The molecule has 0 fully saturated rings. The van der Waals surface area contributed by atoms with Crippen LogP contribution in [0.2, 0.25) is 0 Å². The highest BCUT2D eigenvalue weighted by molar-refractivity contribution is 7.98. The minimum absolute atomic E-state index is 0.247. The summed E-state index contributed by atoms with van der Waals surface area (Å²) in [4.78, 5) is 46.7. The number of aliphatic carboxylic acids is 1.